The van der Waals surface area contributed by atoms with Crippen molar-refractivity contribution in [3.05, 3.63) is 0 Å². The maximum absolute atomic E-state index is 2.29. The van der Waals surface area contributed by atoms with E-state index in [0.29, 0.717) is 10.8 Å². The van der Waals surface area contributed by atoms with Crippen molar-refractivity contribution in [3.8, 4) is 0 Å². The van der Waals surface area contributed by atoms with Crippen LogP contribution < -0.4 is 0 Å². The summed E-state index contributed by atoms with van der Waals surface area (Å²) >= 11 is 0. The molecule has 0 bridgehead atoms. The molecule has 0 aromatic rings. The molecule has 0 unspecified atom stereocenters. The zero-order chi connectivity index (χ0) is 11.7. The Morgan fingerprint density at radius 3 is 0.692 bits per heavy atom. The second-order valence-corrected chi connectivity index (χ2v) is 5.30. The lowest BCUT2D eigenvalue weighted by Crippen LogP contribution is -2.16. The normalized spacial score (nSPS) is 10.6. The fourth-order valence-corrected chi connectivity index (χ4v) is 1.59. The minimum absolute atomic E-state index is 0.484. The lowest BCUT2D eigenvalue weighted by Gasteiger charge is -2.28. The summed E-state index contributed by atoms with van der Waals surface area (Å²) in [6.07, 6.45) is 1.29. The Morgan fingerprint density at radius 1 is 0.538 bits per heavy atom. The first kappa shape index (κ1) is 18.7. The van der Waals surface area contributed by atoms with Crippen molar-refractivity contribution in [2.75, 3.05) is 0 Å². The van der Waals surface area contributed by atoms with Crippen LogP contribution in [0.1, 0.15) is 75.7 Å². The molecule has 0 heterocycles. The second-order valence-electron chi connectivity index (χ2n) is 5.30. The Bertz CT molecular complexity index is 65.2. The van der Waals surface area contributed by atoms with Crippen molar-refractivity contribution in [1.29, 1.82) is 0 Å². The van der Waals surface area contributed by atoms with Gasteiger partial charge < -0.3 is 0 Å². The third kappa shape index (κ3) is 33.3. The van der Waals surface area contributed by atoms with Crippen molar-refractivity contribution < 1.29 is 0 Å². The van der Waals surface area contributed by atoms with E-state index in [-0.39, 0.29) is 0 Å². The molecule has 13 heavy (non-hydrogen) atoms. The van der Waals surface area contributed by atoms with Gasteiger partial charge in [-0.15, -0.1) is 0 Å². The average molecular weight is 188 g/mol. The molecule has 0 aliphatic carbocycles. The van der Waals surface area contributed by atoms with Crippen LogP contribution in [-0.4, -0.2) is 0 Å². The summed E-state index contributed by atoms with van der Waals surface area (Å²) in [6, 6.07) is 0. The van der Waals surface area contributed by atoms with E-state index >= 15 is 0 Å². The Labute approximate surface area is 87.1 Å². The van der Waals surface area contributed by atoms with Crippen molar-refractivity contribution in [2.24, 2.45) is 10.8 Å². The van der Waals surface area contributed by atoms with Crippen molar-refractivity contribution in [2.45, 2.75) is 75.7 Å². The van der Waals surface area contributed by atoms with Crippen molar-refractivity contribution >= 4 is 0 Å². The van der Waals surface area contributed by atoms with Crippen LogP contribution in [0.5, 0.6) is 0 Å². The molecule has 0 saturated heterocycles. The van der Waals surface area contributed by atoms with Gasteiger partial charge in [-0.2, -0.15) is 0 Å². The van der Waals surface area contributed by atoms with E-state index in [1.165, 1.54) is 6.42 Å². The van der Waals surface area contributed by atoms with Gasteiger partial charge in [-0.3, -0.25) is 0 Å². The third-order valence-electron chi connectivity index (χ3n) is 1.06. The molecule has 0 fully saturated rings. The molecule has 84 valence electrons. The maximum Gasteiger partial charge on any atom is -0.0378 e. The van der Waals surface area contributed by atoms with Crippen LogP contribution in [0, 0.1) is 10.8 Å². The highest BCUT2D eigenvalue weighted by Crippen LogP contribution is 2.31. The molecule has 0 aliphatic rings. The van der Waals surface area contributed by atoms with Gasteiger partial charge in [0.25, 0.3) is 0 Å². The highest BCUT2D eigenvalue weighted by molar-refractivity contribution is 4.71. The predicted molar refractivity (Wildman–Crippen MR) is 66.2 cm³/mol. The molecular weight excluding hydrogens is 156 g/mol. The zero-order valence-corrected chi connectivity index (χ0v) is 11.7. The van der Waals surface area contributed by atoms with E-state index in [9.17, 15) is 0 Å². The Morgan fingerprint density at radius 2 is 0.692 bits per heavy atom. The molecule has 0 N–H and O–H groups in total. The van der Waals surface area contributed by atoms with Crippen molar-refractivity contribution in [3.63, 3.8) is 0 Å². The van der Waals surface area contributed by atoms with Crippen molar-refractivity contribution in [1.82, 2.24) is 0 Å². The summed E-state index contributed by atoms with van der Waals surface area (Å²) in [7, 11) is 0. The van der Waals surface area contributed by atoms with Crippen LogP contribution in [0.2, 0.25) is 0 Å². The molecular formula is C13H32. The molecule has 0 heteroatoms. The van der Waals surface area contributed by atoms with Gasteiger partial charge in [-0.05, 0) is 17.3 Å². The van der Waals surface area contributed by atoms with E-state index in [4.69, 9.17) is 0 Å². The fraction of sp³-hybridized carbons (Fsp3) is 1.00. The third-order valence-corrected chi connectivity index (χ3v) is 1.06. The number of rotatable bonds is 0. The minimum atomic E-state index is 0.484. The Kier molecular flexibility index (Phi) is 12.4. The summed E-state index contributed by atoms with van der Waals surface area (Å²) < 4.78 is 0. The average Bonchev–Trinajstić information content (AvgIpc) is 1.88. The first-order valence-corrected chi connectivity index (χ1v) is 5.71. The van der Waals surface area contributed by atoms with E-state index in [2.05, 4.69) is 41.5 Å². The van der Waals surface area contributed by atoms with Crippen LogP contribution in [0.15, 0.2) is 0 Å². The van der Waals surface area contributed by atoms with E-state index in [0.717, 1.165) is 0 Å². The maximum atomic E-state index is 2.29. The predicted octanol–water partition coefficient (Wildman–Crippen LogP) is 5.52. The molecule has 0 aliphatic heterocycles. The summed E-state index contributed by atoms with van der Waals surface area (Å²) in [5, 5.41) is 0. The van der Waals surface area contributed by atoms with Gasteiger partial charge in [-0.1, -0.05) is 69.2 Å². The molecule has 0 amide bonds. The molecule has 0 saturated carbocycles. The summed E-state index contributed by atoms with van der Waals surface area (Å²) in [6.45, 7) is 21.7. The van der Waals surface area contributed by atoms with Gasteiger partial charge in [0, 0.05) is 0 Å². The zero-order valence-electron chi connectivity index (χ0n) is 11.7. The highest BCUT2D eigenvalue weighted by atomic mass is 14.3. The topological polar surface area (TPSA) is 0 Å². The second kappa shape index (κ2) is 8.59. The van der Waals surface area contributed by atoms with Gasteiger partial charge in [0.15, 0.2) is 0 Å². The molecule has 0 rings (SSSR count). The largest absolute Gasteiger partial charge is 0.0683 e. The Balaban J connectivity index is -0.000000218. The minimum Gasteiger partial charge on any atom is -0.0683 e. The van der Waals surface area contributed by atoms with Crippen LogP contribution in [-0.2, 0) is 0 Å². The lowest BCUT2D eigenvalue weighted by molar-refractivity contribution is 0.233. The Hall–Kier alpha value is 0. The summed E-state index contributed by atoms with van der Waals surface area (Å²) in [5.74, 6) is 0. The highest BCUT2D eigenvalue weighted by Gasteiger charge is 2.20. The van der Waals surface area contributed by atoms with E-state index in [1.807, 2.05) is 27.7 Å². The van der Waals surface area contributed by atoms with Crippen LogP contribution >= 0.6 is 0 Å². The first-order valence-electron chi connectivity index (χ1n) is 5.71. The van der Waals surface area contributed by atoms with Crippen LogP contribution in [0.3, 0.4) is 0 Å². The quantitative estimate of drug-likeness (QED) is 0.469. The first-order chi connectivity index (χ1) is 5.71. The van der Waals surface area contributed by atoms with E-state index < -0.39 is 0 Å². The van der Waals surface area contributed by atoms with Gasteiger partial charge in [0.2, 0.25) is 0 Å². The van der Waals surface area contributed by atoms with Crippen LogP contribution in [0.25, 0.3) is 0 Å². The van der Waals surface area contributed by atoms with E-state index in [1.54, 1.807) is 0 Å². The summed E-state index contributed by atoms with van der Waals surface area (Å²) in [5.41, 5.74) is 0.969. The molecule has 0 atom stereocenters. The molecule has 0 nitrogen and oxygen atoms in total. The molecule has 0 aromatic carbocycles. The monoisotopic (exact) mass is 188 g/mol. The number of hydrogen-bond donors (Lipinski definition) is 0. The smallest absolute Gasteiger partial charge is 0.0378 e. The fourth-order valence-electron chi connectivity index (χ4n) is 1.59. The molecule has 0 radical (unpaired) electrons. The van der Waals surface area contributed by atoms with Gasteiger partial charge in [0.05, 0.1) is 0 Å². The van der Waals surface area contributed by atoms with Gasteiger partial charge >= 0.3 is 0 Å². The van der Waals surface area contributed by atoms with Gasteiger partial charge in [0.1, 0.15) is 0 Å². The lowest BCUT2D eigenvalue weighted by atomic mass is 9.78. The standard InChI is InChI=1S/C9H20.2C2H6/c1-8(2,3)7-9(4,5)6;2*1-2/h7H2,1-6H3;2*1-2H3. The SMILES string of the molecule is CC.CC.CC(C)(C)CC(C)(C)C. The summed E-state index contributed by atoms with van der Waals surface area (Å²) in [4.78, 5) is 0. The molecule has 0 spiro atoms. The number of hydrogen-bond acceptors (Lipinski definition) is 0. The van der Waals surface area contributed by atoms with Gasteiger partial charge in [-0.25, -0.2) is 0 Å². The van der Waals surface area contributed by atoms with Crippen LogP contribution in [0.4, 0.5) is 0 Å². The molecule has 0 aromatic heterocycles.